The molecule has 0 aliphatic carbocycles. The van der Waals surface area contributed by atoms with Gasteiger partial charge in [0.2, 0.25) is 5.91 Å². The van der Waals surface area contributed by atoms with Crippen LogP contribution in [0.5, 0.6) is 17.2 Å². The van der Waals surface area contributed by atoms with Crippen molar-refractivity contribution in [3.05, 3.63) is 106 Å². The Bertz CT molecular complexity index is 2450. The van der Waals surface area contributed by atoms with Crippen LogP contribution >= 0.6 is 0 Å². The quantitative estimate of drug-likeness (QED) is 0.129. The van der Waals surface area contributed by atoms with Crippen LogP contribution in [0.15, 0.2) is 78.3 Å². The molecule has 5 aromatic rings. The van der Waals surface area contributed by atoms with Gasteiger partial charge in [0.1, 0.15) is 29.0 Å². The van der Waals surface area contributed by atoms with Gasteiger partial charge in [0, 0.05) is 69.5 Å². The molecule has 2 aromatic carbocycles. The molecule has 3 aliphatic rings. The molecule has 6 heterocycles. The number of amides is 3. The number of benzene rings is 2. The van der Waals surface area contributed by atoms with E-state index in [0.29, 0.717) is 73.9 Å². The van der Waals surface area contributed by atoms with E-state index in [9.17, 15) is 19.2 Å². The summed E-state index contributed by atoms with van der Waals surface area (Å²) in [4.78, 5) is 58.8. The van der Waals surface area contributed by atoms with Gasteiger partial charge in [-0.1, -0.05) is 11.8 Å². The number of piperidine rings is 1. The van der Waals surface area contributed by atoms with Crippen LogP contribution in [0, 0.1) is 0 Å². The minimum atomic E-state index is -0.861. The Balaban J connectivity index is 0.801. The molecule has 0 saturated carbocycles. The average molecular weight is 775 g/mol. The Labute approximate surface area is 327 Å². The van der Waals surface area contributed by atoms with Crippen molar-refractivity contribution >= 4 is 28.5 Å². The third-order valence-electron chi connectivity index (χ3n) is 10.6. The van der Waals surface area contributed by atoms with Gasteiger partial charge in [0.25, 0.3) is 17.4 Å². The number of fused-ring (bicyclic) bond motifs is 2. The molecule has 2 fully saturated rings. The van der Waals surface area contributed by atoms with Crippen molar-refractivity contribution in [1.29, 1.82) is 0 Å². The van der Waals surface area contributed by atoms with Crippen molar-refractivity contribution in [2.75, 3.05) is 33.9 Å². The number of nitrogens with zero attached hydrogens (tertiary/aromatic N) is 7. The lowest BCUT2D eigenvalue weighted by molar-refractivity contribution is -0.125. The van der Waals surface area contributed by atoms with Gasteiger partial charge in [-0.05, 0) is 60.2 Å². The summed E-state index contributed by atoms with van der Waals surface area (Å²) in [5.41, 5.74) is 4.34. The molecule has 3 aromatic heterocycles. The molecule has 1 unspecified atom stereocenters. The Morgan fingerprint density at radius 3 is 2.46 bits per heavy atom. The van der Waals surface area contributed by atoms with Gasteiger partial charge in [-0.2, -0.15) is 0 Å². The molecule has 8 rings (SSSR count). The van der Waals surface area contributed by atoms with Gasteiger partial charge in [-0.15, -0.1) is 5.10 Å². The predicted octanol–water partition coefficient (Wildman–Crippen LogP) is 3.47. The van der Waals surface area contributed by atoms with Crippen LogP contribution < -0.4 is 25.1 Å². The lowest BCUT2D eigenvalue weighted by Gasteiger charge is -2.39. The van der Waals surface area contributed by atoms with Crippen LogP contribution in [0.1, 0.15) is 51.2 Å². The number of allylic oxidation sites excluding steroid dienone is 1. The van der Waals surface area contributed by atoms with Gasteiger partial charge in [0.15, 0.2) is 0 Å². The number of aromatic nitrogens is 5. The number of ether oxygens (including phenoxy) is 4. The Morgan fingerprint density at radius 1 is 0.930 bits per heavy atom. The molecule has 3 amide bonds. The highest BCUT2D eigenvalue weighted by Gasteiger charge is 2.44. The highest BCUT2D eigenvalue weighted by molar-refractivity contribution is 6.23. The van der Waals surface area contributed by atoms with E-state index in [1.165, 1.54) is 0 Å². The SMILES string of the molecule is C=C1CCC(N2C(=O)c3ccc(OCCCn4cc(COC5CN(Cc6c(OC)cc(-c7cn(C)c(=O)c8cnccc78)cc6OC)C5)nn4)cc3C2=O)C(=O)N1. The number of hydrogen-bond acceptors (Lipinski definition) is 12. The summed E-state index contributed by atoms with van der Waals surface area (Å²) in [6, 6.07) is 9.72. The van der Waals surface area contributed by atoms with Gasteiger partial charge in [-0.3, -0.25) is 38.6 Å². The van der Waals surface area contributed by atoms with E-state index < -0.39 is 23.8 Å². The Hall–Kier alpha value is -6.39. The van der Waals surface area contributed by atoms with E-state index >= 15 is 0 Å². The number of methoxy groups -OCH3 is 2. The molecule has 3 aliphatic heterocycles. The summed E-state index contributed by atoms with van der Waals surface area (Å²) in [5.74, 6) is 0.457. The van der Waals surface area contributed by atoms with Gasteiger partial charge in [-0.25, -0.2) is 0 Å². The van der Waals surface area contributed by atoms with Crippen molar-refractivity contribution in [2.45, 2.75) is 51.1 Å². The van der Waals surface area contributed by atoms with E-state index in [0.717, 1.165) is 45.8 Å². The van der Waals surface area contributed by atoms with Crippen LogP contribution in [0.2, 0.25) is 0 Å². The van der Waals surface area contributed by atoms with Crippen molar-refractivity contribution < 1.29 is 33.3 Å². The topological polar surface area (TPSA) is 172 Å². The summed E-state index contributed by atoms with van der Waals surface area (Å²) in [5, 5.41) is 12.5. The molecule has 16 heteroatoms. The number of aryl methyl sites for hydroxylation is 2. The van der Waals surface area contributed by atoms with Crippen LogP contribution in [-0.2, 0) is 36.3 Å². The second-order valence-electron chi connectivity index (χ2n) is 14.4. The van der Waals surface area contributed by atoms with E-state index in [2.05, 4.69) is 32.1 Å². The maximum Gasteiger partial charge on any atom is 0.262 e. The first-order chi connectivity index (χ1) is 27.6. The molecule has 0 spiro atoms. The molecule has 16 nitrogen and oxygen atoms in total. The zero-order valence-electron chi connectivity index (χ0n) is 31.9. The number of imide groups is 1. The van der Waals surface area contributed by atoms with Crippen LogP contribution in [0.4, 0.5) is 0 Å². The zero-order valence-corrected chi connectivity index (χ0v) is 31.9. The Kier molecular flexibility index (Phi) is 10.3. The Morgan fingerprint density at radius 2 is 1.70 bits per heavy atom. The predicted molar refractivity (Wildman–Crippen MR) is 207 cm³/mol. The van der Waals surface area contributed by atoms with Crippen molar-refractivity contribution in [3.63, 3.8) is 0 Å². The fourth-order valence-electron chi connectivity index (χ4n) is 7.57. The normalized spacial score (nSPS) is 17.2. The lowest BCUT2D eigenvalue weighted by Crippen LogP contribution is -2.51. The minimum absolute atomic E-state index is 0.0341. The highest BCUT2D eigenvalue weighted by Crippen LogP contribution is 2.38. The molecule has 2 saturated heterocycles. The molecular weight excluding hydrogens is 732 g/mol. The molecule has 294 valence electrons. The first-order valence-corrected chi connectivity index (χ1v) is 18.7. The lowest BCUT2D eigenvalue weighted by atomic mass is 9.98. The summed E-state index contributed by atoms with van der Waals surface area (Å²) in [6.45, 7) is 7.06. The maximum absolute atomic E-state index is 13.2. The first-order valence-electron chi connectivity index (χ1n) is 18.7. The number of pyridine rings is 2. The summed E-state index contributed by atoms with van der Waals surface area (Å²) in [7, 11) is 5.01. The molecular formula is C41H42N8O8. The fraction of sp³-hybridized carbons (Fsp3) is 0.341. The fourth-order valence-corrected chi connectivity index (χ4v) is 7.57. The summed E-state index contributed by atoms with van der Waals surface area (Å²) in [6.07, 6.45) is 8.45. The molecule has 1 atom stereocenters. The summed E-state index contributed by atoms with van der Waals surface area (Å²) >= 11 is 0. The largest absolute Gasteiger partial charge is 0.496 e. The number of carbonyl (C=O) groups excluding carboxylic acids is 3. The van der Waals surface area contributed by atoms with Crippen LogP contribution in [0.25, 0.3) is 21.9 Å². The van der Waals surface area contributed by atoms with Gasteiger partial charge < -0.3 is 28.8 Å². The third kappa shape index (κ3) is 7.36. The van der Waals surface area contributed by atoms with Gasteiger partial charge >= 0.3 is 0 Å². The molecule has 1 N–H and O–H groups in total. The third-order valence-corrected chi connectivity index (χ3v) is 10.6. The second-order valence-corrected chi connectivity index (χ2v) is 14.4. The zero-order chi connectivity index (χ0) is 39.8. The second kappa shape index (κ2) is 15.6. The smallest absolute Gasteiger partial charge is 0.262 e. The summed E-state index contributed by atoms with van der Waals surface area (Å²) < 4.78 is 27.0. The first kappa shape index (κ1) is 37.5. The van der Waals surface area contributed by atoms with Crippen molar-refractivity contribution in [3.8, 4) is 28.4 Å². The number of rotatable bonds is 14. The van der Waals surface area contributed by atoms with Crippen LogP contribution in [-0.4, -0.2) is 98.1 Å². The van der Waals surface area contributed by atoms with Crippen molar-refractivity contribution in [2.24, 2.45) is 7.05 Å². The highest BCUT2D eigenvalue weighted by atomic mass is 16.5. The van der Waals surface area contributed by atoms with E-state index in [4.69, 9.17) is 18.9 Å². The van der Waals surface area contributed by atoms with E-state index in [1.807, 2.05) is 30.6 Å². The van der Waals surface area contributed by atoms with E-state index in [-0.39, 0.29) is 22.8 Å². The number of likely N-dealkylation sites (tertiary alicyclic amines) is 1. The van der Waals surface area contributed by atoms with Crippen molar-refractivity contribution in [1.82, 2.24) is 39.7 Å². The monoisotopic (exact) mass is 774 g/mol. The molecule has 0 bridgehead atoms. The standard InChI is InChI=1S/C41H42N8O8/c1-24-6-9-35(38(50)43-24)49-40(52)30-8-7-27(16-31(30)41(49)53)56-13-5-12-48-18-26(44-45-48)23-57-28-19-47(20-28)22-34-36(54-3)14-25(15-37(34)55-4)33-21-46(2)39(51)32-17-42-11-10-29(32)33/h7-8,10-11,14-18,21,28,35H,1,5-6,9,12-13,19-20,22-23H2,2-4H3,(H,43,50). The average Bonchev–Trinajstić information content (AvgIpc) is 3.76. The molecule has 57 heavy (non-hydrogen) atoms. The number of nitrogens with one attached hydrogen (secondary N) is 1. The molecule has 0 radical (unpaired) electrons. The number of hydrogen-bond donors (Lipinski definition) is 1. The maximum atomic E-state index is 13.2. The van der Waals surface area contributed by atoms with Gasteiger partial charge in [0.05, 0.1) is 61.8 Å². The minimum Gasteiger partial charge on any atom is -0.496 e. The number of carbonyl (C=O) groups is 3. The van der Waals surface area contributed by atoms with Crippen LogP contribution in [0.3, 0.4) is 0 Å². The van der Waals surface area contributed by atoms with E-state index in [1.54, 1.807) is 61.1 Å².